The van der Waals surface area contributed by atoms with Crippen LogP contribution in [0, 0.1) is 20.2 Å². The third-order valence-corrected chi connectivity index (χ3v) is 4.11. The van der Waals surface area contributed by atoms with Gasteiger partial charge in [0.05, 0.1) is 21.1 Å². The summed E-state index contributed by atoms with van der Waals surface area (Å²) in [6.07, 6.45) is 0. The number of esters is 1. The van der Waals surface area contributed by atoms with Crippen molar-refractivity contribution in [3.63, 3.8) is 0 Å². The van der Waals surface area contributed by atoms with Crippen molar-refractivity contribution < 1.29 is 19.4 Å². The lowest BCUT2D eigenvalue weighted by atomic mass is 10.0. The molecule has 3 aromatic rings. The van der Waals surface area contributed by atoms with Crippen LogP contribution in [0.15, 0.2) is 77.9 Å². The summed E-state index contributed by atoms with van der Waals surface area (Å²) in [5.74, 6) is 4.96. The van der Waals surface area contributed by atoms with Gasteiger partial charge in [-0.25, -0.2) is 4.79 Å². The van der Waals surface area contributed by atoms with E-state index in [0.29, 0.717) is 16.8 Å². The van der Waals surface area contributed by atoms with Gasteiger partial charge < -0.3 is 10.6 Å². The molecule has 0 aliphatic carbocycles. The van der Waals surface area contributed by atoms with Crippen LogP contribution >= 0.6 is 0 Å². The van der Waals surface area contributed by atoms with Crippen molar-refractivity contribution in [2.24, 2.45) is 10.9 Å². The number of carbonyl (C=O) groups excluding carboxylic acids is 1. The van der Waals surface area contributed by atoms with E-state index in [1.807, 2.05) is 0 Å². The molecule has 3 rings (SSSR count). The number of nitrogens with two attached hydrogens (primary N) is 1. The fourth-order valence-electron chi connectivity index (χ4n) is 2.65. The molecule has 0 aliphatic rings. The van der Waals surface area contributed by atoms with Crippen molar-refractivity contribution in [1.82, 2.24) is 0 Å². The second-order valence-corrected chi connectivity index (χ2v) is 6.00. The van der Waals surface area contributed by atoms with Crippen molar-refractivity contribution >= 4 is 23.1 Å². The Morgan fingerprint density at radius 1 is 0.800 bits per heavy atom. The minimum absolute atomic E-state index is 0.0448. The number of hydrazone groups is 1. The Morgan fingerprint density at radius 3 is 1.90 bits per heavy atom. The Kier molecular flexibility index (Phi) is 5.78. The van der Waals surface area contributed by atoms with Crippen LogP contribution in [-0.2, 0) is 0 Å². The number of hydrogen-bond acceptors (Lipinski definition) is 8. The van der Waals surface area contributed by atoms with Crippen LogP contribution in [0.2, 0.25) is 0 Å². The highest BCUT2D eigenvalue weighted by molar-refractivity contribution is 6.12. The first-order valence-electron chi connectivity index (χ1n) is 8.49. The molecule has 0 unspecified atom stereocenters. The molecule has 0 saturated heterocycles. The molecule has 3 aromatic carbocycles. The van der Waals surface area contributed by atoms with E-state index in [9.17, 15) is 25.0 Å². The van der Waals surface area contributed by atoms with E-state index in [-0.39, 0.29) is 22.7 Å². The molecule has 0 radical (unpaired) electrons. The number of benzene rings is 3. The lowest BCUT2D eigenvalue weighted by Crippen LogP contribution is -2.10. The number of non-ortho nitro benzene ring substituents is 2. The van der Waals surface area contributed by atoms with Gasteiger partial charge in [-0.15, -0.1) is 0 Å². The predicted octanol–water partition coefficient (Wildman–Crippen LogP) is 3.43. The van der Waals surface area contributed by atoms with Gasteiger partial charge >= 0.3 is 5.97 Å². The number of nitro groups is 2. The van der Waals surface area contributed by atoms with E-state index < -0.39 is 15.8 Å². The quantitative estimate of drug-likeness (QED) is 0.164. The standard InChI is InChI=1S/C20H14N4O6/c21-22-19(13-4-8-16(9-5-13)23(26)27)14-6-10-18(11-7-14)30-20(25)15-2-1-3-17(12-15)24(28)29/h1-12H,21H2/b22-19-. The summed E-state index contributed by atoms with van der Waals surface area (Å²) in [7, 11) is 0. The molecule has 0 spiro atoms. The molecule has 10 nitrogen and oxygen atoms in total. The zero-order valence-corrected chi connectivity index (χ0v) is 15.3. The molecule has 0 heterocycles. The summed E-state index contributed by atoms with van der Waals surface area (Å²) < 4.78 is 5.24. The largest absolute Gasteiger partial charge is 0.423 e. The van der Waals surface area contributed by atoms with Crippen LogP contribution in [0.5, 0.6) is 5.75 Å². The third-order valence-electron chi connectivity index (χ3n) is 4.11. The molecule has 0 aliphatic heterocycles. The van der Waals surface area contributed by atoms with Crippen LogP contribution in [-0.4, -0.2) is 21.5 Å². The Bertz CT molecular complexity index is 1140. The number of nitro benzene ring substituents is 2. The highest BCUT2D eigenvalue weighted by Gasteiger charge is 2.14. The summed E-state index contributed by atoms with van der Waals surface area (Å²) >= 11 is 0. The number of nitrogens with zero attached hydrogens (tertiary/aromatic N) is 3. The molecule has 2 N–H and O–H groups in total. The van der Waals surface area contributed by atoms with Gasteiger partial charge in [0.15, 0.2) is 0 Å². The first kappa shape index (κ1) is 20.1. The number of ether oxygens (including phenoxy) is 1. The van der Waals surface area contributed by atoms with Crippen LogP contribution in [0.4, 0.5) is 11.4 Å². The molecule has 10 heteroatoms. The highest BCUT2D eigenvalue weighted by atomic mass is 16.6. The average Bonchev–Trinajstić information content (AvgIpc) is 2.76. The molecule has 0 aromatic heterocycles. The summed E-state index contributed by atoms with van der Waals surface area (Å²) in [5.41, 5.74) is 1.33. The molecule has 0 atom stereocenters. The maximum absolute atomic E-state index is 12.2. The van der Waals surface area contributed by atoms with E-state index in [4.69, 9.17) is 10.6 Å². The lowest BCUT2D eigenvalue weighted by Gasteiger charge is -2.08. The van der Waals surface area contributed by atoms with Gasteiger partial charge in [-0.2, -0.15) is 5.10 Å². The minimum atomic E-state index is -0.741. The second kappa shape index (κ2) is 8.61. The van der Waals surface area contributed by atoms with E-state index in [1.54, 1.807) is 12.1 Å². The maximum Gasteiger partial charge on any atom is 0.343 e. The average molecular weight is 406 g/mol. The molecule has 0 fully saturated rings. The van der Waals surface area contributed by atoms with Gasteiger partial charge in [0, 0.05) is 35.4 Å². The first-order valence-corrected chi connectivity index (χ1v) is 8.49. The fourth-order valence-corrected chi connectivity index (χ4v) is 2.65. The molecule has 0 saturated carbocycles. The van der Waals surface area contributed by atoms with E-state index in [1.165, 1.54) is 54.6 Å². The lowest BCUT2D eigenvalue weighted by molar-refractivity contribution is -0.385. The van der Waals surface area contributed by atoms with Gasteiger partial charge in [-0.3, -0.25) is 20.2 Å². The Labute approximate surface area is 169 Å². The fraction of sp³-hybridized carbons (Fsp3) is 0. The Balaban J connectivity index is 1.76. The van der Waals surface area contributed by atoms with Crippen molar-refractivity contribution in [3.8, 4) is 5.75 Å². The molecular weight excluding hydrogens is 392 g/mol. The first-order chi connectivity index (χ1) is 14.4. The molecule has 150 valence electrons. The smallest absolute Gasteiger partial charge is 0.343 e. The van der Waals surface area contributed by atoms with Crippen molar-refractivity contribution in [2.75, 3.05) is 0 Å². The summed E-state index contributed by atoms with van der Waals surface area (Å²) in [6, 6.07) is 17.2. The molecular formula is C20H14N4O6. The second-order valence-electron chi connectivity index (χ2n) is 6.00. The van der Waals surface area contributed by atoms with Crippen molar-refractivity contribution in [2.45, 2.75) is 0 Å². The molecule has 30 heavy (non-hydrogen) atoms. The maximum atomic E-state index is 12.2. The van der Waals surface area contributed by atoms with E-state index in [0.717, 1.165) is 6.07 Å². The minimum Gasteiger partial charge on any atom is -0.423 e. The van der Waals surface area contributed by atoms with Crippen molar-refractivity contribution in [3.05, 3.63) is 110 Å². The normalized spacial score (nSPS) is 11.0. The van der Waals surface area contributed by atoms with Crippen molar-refractivity contribution in [1.29, 1.82) is 0 Å². The summed E-state index contributed by atoms with van der Waals surface area (Å²) in [4.78, 5) is 32.7. The topological polar surface area (TPSA) is 151 Å². The van der Waals surface area contributed by atoms with Gasteiger partial charge in [0.2, 0.25) is 0 Å². The Morgan fingerprint density at radius 2 is 1.37 bits per heavy atom. The SMILES string of the molecule is N/N=C(\c1ccc(OC(=O)c2cccc([N+](=O)[O-])c2)cc1)c1ccc([N+](=O)[O-])cc1. The monoisotopic (exact) mass is 406 g/mol. The predicted molar refractivity (Wildman–Crippen MR) is 107 cm³/mol. The number of hydrogen-bond donors (Lipinski definition) is 1. The summed E-state index contributed by atoms with van der Waals surface area (Å²) in [5, 5.41) is 25.4. The number of rotatable bonds is 6. The van der Waals surface area contributed by atoms with Gasteiger partial charge in [0.25, 0.3) is 11.4 Å². The number of carbonyl (C=O) groups is 1. The zero-order valence-electron chi connectivity index (χ0n) is 15.3. The van der Waals surface area contributed by atoms with Crippen LogP contribution in [0.1, 0.15) is 21.5 Å². The van der Waals surface area contributed by atoms with Gasteiger partial charge in [0.1, 0.15) is 5.75 Å². The summed E-state index contributed by atoms with van der Waals surface area (Å²) in [6.45, 7) is 0. The van der Waals surface area contributed by atoms with E-state index >= 15 is 0 Å². The van der Waals surface area contributed by atoms with Crippen LogP contribution < -0.4 is 10.6 Å². The molecule has 0 amide bonds. The highest BCUT2D eigenvalue weighted by Crippen LogP contribution is 2.20. The van der Waals surface area contributed by atoms with Crippen LogP contribution in [0.25, 0.3) is 0 Å². The van der Waals surface area contributed by atoms with Gasteiger partial charge in [-0.1, -0.05) is 6.07 Å². The third kappa shape index (κ3) is 4.44. The zero-order chi connectivity index (χ0) is 21.7. The van der Waals surface area contributed by atoms with Gasteiger partial charge in [-0.05, 0) is 42.5 Å². The van der Waals surface area contributed by atoms with Crippen LogP contribution in [0.3, 0.4) is 0 Å². The Hall–Kier alpha value is -4.60. The van der Waals surface area contributed by atoms with E-state index in [2.05, 4.69) is 5.10 Å². The molecule has 0 bridgehead atoms.